The third-order valence-corrected chi connectivity index (χ3v) is 3.64. The monoisotopic (exact) mass is 242 g/mol. The van der Waals surface area contributed by atoms with E-state index in [2.05, 4.69) is 9.97 Å². The van der Waals surface area contributed by atoms with Crippen molar-refractivity contribution in [1.82, 2.24) is 9.97 Å². The van der Waals surface area contributed by atoms with Gasteiger partial charge in [0.2, 0.25) is 0 Å². The molecule has 0 aliphatic heterocycles. The fourth-order valence-corrected chi connectivity index (χ4v) is 2.74. The number of halogens is 1. The van der Waals surface area contributed by atoms with E-state index in [1.807, 2.05) is 12.3 Å². The Bertz CT molecular complexity index is 337. The molecule has 1 heterocycles. The fourth-order valence-electron chi connectivity index (χ4n) is 2.11. The van der Waals surface area contributed by atoms with Crippen LogP contribution >= 0.6 is 23.4 Å². The summed E-state index contributed by atoms with van der Waals surface area (Å²) in [6, 6.07) is 1.93. The van der Waals surface area contributed by atoms with Crippen LogP contribution in [-0.2, 0) is 0 Å². The topological polar surface area (TPSA) is 25.8 Å². The first-order valence-electron chi connectivity index (χ1n) is 5.38. The van der Waals surface area contributed by atoms with Gasteiger partial charge in [0.05, 0.1) is 0 Å². The quantitative estimate of drug-likeness (QED) is 0.447. The maximum Gasteiger partial charge on any atom is 0.188 e. The standard InChI is InChI=1S/C11H15ClN2S/c1-15-11-13-9(7-10(12)14-11)8-5-3-2-4-6-8/h7-8H,2-6H2,1H3. The minimum Gasteiger partial charge on any atom is -0.227 e. The Kier molecular flexibility index (Phi) is 3.87. The molecule has 2 nitrogen and oxygen atoms in total. The summed E-state index contributed by atoms with van der Waals surface area (Å²) < 4.78 is 0. The zero-order valence-corrected chi connectivity index (χ0v) is 10.4. The highest BCUT2D eigenvalue weighted by Gasteiger charge is 2.18. The lowest BCUT2D eigenvalue weighted by Crippen LogP contribution is -2.07. The molecule has 0 amide bonds. The molecule has 0 unspecified atom stereocenters. The molecular formula is C11H15ClN2S. The van der Waals surface area contributed by atoms with Gasteiger partial charge in [-0.05, 0) is 25.2 Å². The SMILES string of the molecule is CSc1nc(Cl)cc(C2CCCCC2)n1. The van der Waals surface area contributed by atoms with Crippen molar-refractivity contribution in [3.05, 3.63) is 16.9 Å². The molecular weight excluding hydrogens is 228 g/mol. The van der Waals surface area contributed by atoms with Crippen LogP contribution in [0.2, 0.25) is 5.15 Å². The van der Waals surface area contributed by atoms with Crippen LogP contribution in [-0.4, -0.2) is 16.2 Å². The van der Waals surface area contributed by atoms with Gasteiger partial charge in [0.25, 0.3) is 0 Å². The molecule has 0 spiro atoms. The van der Waals surface area contributed by atoms with E-state index in [4.69, 9.17) is 11.6 Å². The molecule has 0 aromatic carbocycles. The molecule has 0 N–H and O–H groups in total. The highest BCUT2D eigenvalue weighted by molar-refractivity contribution is 7.98. The summed E-state index contributed by atoms with van der Waals surface area (Å²) in [6.45, 7) is 0. The second-order valence-corrected chi connectivity index (χ2v) is 5.10. The summed E-state index contributed by atoms with van der Waals surface area (Å²) >= 11 is 7.54. The molecule has 1 saturated carbocycles. The van der Waals surface area contributed by atoms with E-state index in [-0.39, 0.29) is 0 Å². The van der Waals surface area contributed by atoms with Gasteiger partial charge in [0, 0.05) is 11.6 Å². The summed E-state index contributed by atoms with van der Waals surface area (Å²) in [5.41, 5.74) is 1.14. The predicted molar refractivity (Wildman–Crippen MR) is 64.6 cm³/mol. The Morgan fingerprint density at radius 2 is 2.00 bits per heavy atom. The van der Waals surface area contributed by atoms with Gasteiger partial charge >= 0.3 is 0 Å². The predicted octanol–water partition coefficient (Wildman–Crippen LogP) is 3.90. The van der Waals surface area contributed by atoms with E-state index in [1.54, 1.807) is 11.8 Å². The summed E-state index contributed by atoms with van der Waals surface area (Å²) in [6.07, 6.45) is 8.49. The Hall–Kier alpha value is -0.280. The van der Waals surface area contributed by atoms with Gasteiger partial charge in [-0.2, -0.15) is 0 Å². The molecule has 1 aliphatic carbocycles. The first-order chi connectivity index (χ1) is 7.29. The van der Waals surface area contributed by atoms with Gasteiger partial charge in [-0.3, -0.25) is 0 Å². The molecule has 82 valence electrons. The number of aromatic nitrogens is 2. The lowest BCUT2D eigenvalue weighted by atomic mass is 9.87. The van der Waals surface area contributed by atoms with Crippen LogP contribution in [0.25, 0.3) is 0 Å². The van der Waals surface area contributed by atoms with Crippen LogP contribution in [0.4, 0.5) is 0 Å². The molecule has 15 heavy (non-hydrogen) atoms. The lowest BCUT2D eigenvalue weighted by molar-refractivity contribution is 0.434. The van der Waals surface area contributed by atoms with Crippen LogP contribution in [0, 0.1) is 0 Å². The van der Waals surface area contributed by atoms with Crippen molar-refractivity contribution >= 4 is 23.4 Å². The van der Waals surface area contributed by atoms with Gasteiger partial charge in [-0.1, -0.05) is 42.6 Å². The van der Waals surface area contributed by atoms with Crippen LogP contribution < -0.4 is 0 Å². The smallest absolute Gasteiger partial charge is 0.188 e. The molecule has 0 atom stereocenters. The summed E-state index contributed by atoms with van der Waals surface area (Å²) in [4.78, 5) is 8.71. The Morgan fingerprint density at radius 3 is 2.67 bits per heavy atom. The first kappa shape index (κ1) is 11.2. The van der Waals surface area contributed by atoms with E-state index in [9.17, 15) is 0 Å². The molecule has 0 radical (unpaired) electrons. The van der Waals surface area contributed by atoms with Gasteiger partial charge in [-0.25, -0.2) is 9.97 Å². The van der Waals surface area contributed by atoms with Gasteiger partial charge in [0.1, 0.15) is 5.15 Å². The van der Waals surface area contributed by atoms with Crippen molar-refractivity contribution in [2.75, 3.05) is 6.26 Å². The van der Waals surface area contributed by atoms with Crippen LogP contribution in [0.3, 0.4) is 0 Å². The maximum absolute atomic E-state index is 5.98. The van der Waals surface area contributed by atoms with Crippen molar-refractivity contribution < 1.29 is 0 Å². The van der Waals surface area contributed by atoms with Crippen molar-refractivity contribution in [3.8, 4) is 0 Å². The Labute approximate surface area is 99.8 Å². The van der Waals surface area contributed by atoms with Crippen molar-refractivity contribution in [3.63, 3.8) is 0 Å². The fraction of sp³-hybridized carbons (Fsp3) is 0.636. The normalized spacial score (nSPS) is 18.0. The summed E-state index contributed by atoms with van der Waals surface area (Å²) in [5, 5.41) is 1.37. The minimum atomic E-state index is 0.579. The van der Waals surface area contributed by atoms with Crippen LogP contribution in [0.5, 0.6) is 0 Å². The highest BCUT2D eigenvalue weighted by Crippen LogP contribution is 2.32. The van der Waals surface area contributed by atoms with Crippen molar-refractivity contribution in [1.29, 1.82) is 0 Å². The molecule has 1 aromatic heterocycles. The molecule has 1 aromatic rings. The number of hydrogen-bond acceptors (Lipinski definition) is 3. The second kappa shape index (κ2) is 5.17. The molecule has 1 aliphatic rings. The average molecular weight is 243 g/mol. The minimum absolute atomic E-state index is 0.579. The molecule has 2 rings (SSSR count). The van der Waals surface area contributed by atoms with Gasteiger partial charge in [0.15, 0.2) is 5.16 Å². The van der Waals surface area contributed by atoms with E-state index in [1.165, 1.54) is 32.1 Å². The van der Waals surface area contributed by atoms with E-state index in [0.717, 1.165) is 10.9 Å². The largest absolute Gasteiger partial charge is 0.227 e. The number of thioether (sulfide) groups is 1. The molecule has 4 heteroatoms. The third-order valence-electron chi connectivity index (χ3n) is 2.90. The number of rotatable bonds is 2. The molecule has 0 bridgehead atoms. The van der Waals surface area contributed by atoms with E-state index in [0.29, 0.717) is 11.1 Å². The Morgan fingerprint density at radius 1 is 1.27 bits per heavy atom. The number of hydrogen-bond donors (Lipinski definition) is 0. The maximum atomic E-state index is 5.98. The van der Waals surface area contributed by atoms with Crippen LogP contribution in [0.15, 0.2) is 11.2 Å². The second-order valence-electron chi connectivity index (χ2n) is 3.94. The van der Waals surface area contributed by atoms with Gasteiger partial charge in [-0.15, -0.1) is 0 Å². The van der Waals surface area contributed by atoms with Crippen molar-refractivity contribution in [2.24, 2.45) is 0 Å². The zero-order valence-electron chi connectivity index (χ0n) is 8.87. The first-order valence-corrected chi connectivity index (χ1v) is 6.98. The zero-order chi connectivity index (χ0) is 10.7. The van der Waals surface area contributed by atoms with E-state index < -0.39 is 0 Å². The third kappa shape index (κ3) is 2.85. The average Bonchev–Trinajstić information content (AvgIpc) is 2.29. The molecule has 0 saturated heterocycles. The van der Waals surface area contributed by atoms with E-state index >= 15 is 0 Å². The number of nitrogens with zero attached hydrogens (tertiary/aromatic N) is 2. The van der Waals surface area contributed by atoms with Crippen molar-refractivity contribution in [2.45, 2.75) is 43.2 Å². The molecule has 1 fully saturated rings. The lowest BCUT2D eigenvalue weighted by Gasteiger charge is -2.21. The highest BCUT2D eigenvalue weighted by atomic mass is 35.5. The summed E-state index contributed by atoms with van der Waals surface area (Å²) in [7, 11) is 0. The van der Waals surface area contributed by atoms with Gasteiger partial charge < -0.3 is 0 Å². The Balaban J connectivity index is 2.22. The summed E-state index contributed by atoms with van der Waals surface area (Å²) in [5.74, 6) is 0.602. The van der Waals surface area contributed by atoms with Crippen LogP contribution in [0.1, 0.15) is 43.7 Å².